The highest BCUT2D eigenvalue weighted by Gasteiger charge is 2.42. The van der Waals surface area contributed by atoms with Crippen molar-refractivity contribution in [2.45, 2.75) is 31.0 Å². The largest absolute Gasteiger partial charge is 0.507 e. The number of para-hydroxylation sites is 1. The van der Waals surface area contributed by atoms with E-state index in [1.165, 1.54) is 25.3 Å². The molecule has 4 rings (SSSR count). The van der Waals surface area contributed by atoms with Gasteiger partial charge in [0.05, 0.1) is 25.3 Å². The summed E-state index contributed by atoms with van der Waals surface area (Å²) < 4.78 is 18.4. The number of halogens is 1. The minimum atomic E-state index is -0.802. The van der Waals surface area contributed by atoms with E-state index in [9.17, 15) is 19.4 Å². The Hall–Kier alpha value is -3.58. The van der Waals surface area contributed by atoms with Crippen molar-refractivity contribution < 1.29 is 24.1 Å². The van der Waals surface area contributed by atoms with Crippen LogP contribution in [0.15, 0.2) is 72.8 Å². The highest BCUT2D eigenvalue weighted by atomic mass is 19.1. The summed E-state index contributed by atoms with van der Waals surface area (Å²) in [6.45, 7) is 0. The van der Waals surface area contributed by atoms with Gasteiger partial charge >= 0.3 is 6.03 Å². The maximum absolute atomic E-state index is 13.2. The van der Waals surface area contributed by atoms with Gasteiger partial charge in [-0.05, 0) is 54.8 Å². The zero-order chi connectivity index (χ0) is 22.7. The van der Waals surface area contributed by atoms with E-state index in [4.69, 9.17) is 4.74 Å². The number of nitrogens with one attached hydrogen (secondary N) is 1. The van der Waals surface area contributed by atoms with Crippen molar-refractivity contribution >= 4 is 11.7 Å². The number of phenols is 1. The maximum atomic E-state index is 13.2. The van der Waals surface area contributed by atoms with Gasteiger partial charge in [0.25, 0.3) is 0 Å². The monoisotopic (exact) mass is 436 g/mol. The zero-order valence-electron chi connectivity index (χ0n) is 17.6. The molecule has 3 aromatic carbocycles. The Labute approximate surface area is 185 Å². The Kier molecular flexibility index (Phi) is 6.28. The van der Waals surface area contributed by atoms with Crippen LogP contribution in [0.2, 0.25) is 0 Å². The summed E-state index contributed by atoms with van der Waals surface area (Å²) in [5.41, 5.74) is 1.89. The Morgan fingerprint density at radius 2 is 1.81 bits per heavy atom. The molecule has 7 heteroatoms. The van der Waals surface area contributed by atoms with E-state index in [1.54, 1.807) is 29.2 Å². The van der Waals surface area contributed by atoms with Gasteiger partial charge in [-0.1, -0.05) is 30.3 Å². The summed E-state index contributed by atoms with van der Waals surface area (Å²) in [4.78, 5) is 14.6. The van der Waals surface area contributed by atoms with Crippen molar-refractivity contribution in [3.8, 4) is 11.5 Å². The van der Waals surface area contributed by atoms with E-state index in [1.807, 2.05) is 30.3 Å². The van der Waals surface area contributed by atoms with Gasteiger partial charge in [-0.2, -0.15) is 0 Å². The molecule has 0 aromatic heterocycles. The molecule has 166 valence electrons. The molecule has 1 unspecified atom stereocenters. The molecule has 0 radical (unpaired) electrons. The molecule has 0 bridgehead atoms. The van der Waals surface area contributed by atoms with Gasteiger partial charge in [-0.15, -0.1) is 0 Å². The van der Waals surface area contributed by atoms with Crippen molar-refractivity contribution in [1.82, 2.24) is 5.32 Å². The number of methoxy groups -OCH3 is 1. The van der Waals surface area contributed by atoms with Crippen LogP contribution in [0.5, 0.6) is 11.5 Å². The van der Waals surface area contributed by atoms with E-state index < -0.39 is 12.1 Å². The quantitative estimate of drug-likeness (QED) is 0.502. The number of hydrogen-bond acceptors (Lipinski definition) is 4. The number of benzene rings is 3. The lowest BCUT2D eigenvalue weighted by molar-refractivity contribution is 0.159. The second-order valence-corrected chi connectivity index (χ2v) is 7.78. The summed E-state index contributed by atoms with van der Waals surface area (Å²) in [5, 5.41) is 24.3. The number of carbonyl (C=O) groups excluding carboxylic acids is 1. The number of anilines is 1. The van der Waals surface area contributed by atoms with Crippen molar-refractivity contribution in [1.29, 1.82) is 0 Å². The molecule has 0 saturated carbocycles. The van der Waals surface area contributed by atoms with Gasteiger partial charge in [0.2, 0.25) is 0 Å². The standard InChI is InChI=1S/C25H25FN2O4/c1-32-19-11-12-20(23(30)15-19)24-21(13-14-22(29)16-7-9-17(26)10-8-16)27-25(31)28(24)18-5-3-2-4-6-18/h2-12,15,21-22,24,29-30H,13-14H2,1H3,(H,27,31)/t21-,22?,24+/m0/s1. The molecule has 1 aliphatic rings. The number of hydrogen-bond donors (Lipinski definition) is 3. The van der Waals surface area contributed by atoms with Crippen molar-refractivity contribution in [2.75, 3.05) is 12.0 Å². The van der Waals surface area contributed by atoms with Crippen LogP contribution in [-0.2, 0) is 0 Å². The number of rotatable bonds is 7. The maximum Gasteiger partial charge on any atom is 0.322 e. The number of nitrogens with zero attached hydrogens (tertiary/aromatic N) is 1. The summed E-state index contributed by atoms with van der Waals surface area (Å²) in [6.07, 6.45) is -0.000453. The number of aromatic hydroxyl groups is 1. The predicted molar refractivity (Wildman–Crippen MR) is 119 cm³/mol. The molecule has 6 nitrogen and oxygen atoms in total. The summed E-state index contributed by atoms with van der Waals surface area (Å²) in [5.74, 6) is 0.173. The topological polar surface area (TPSA) is 82.0 Å². The zero-order valence-corrected chi connectivity index (χ0v) is 17.6. The van der Waals surface area contributed by atoms with Crippen LogP contribution in [0, 0.1) is 5.82 Å². The van der Waals surface area contributed by atoms with Crippen LogP contribution in [0.3, 0.4) is 0 Å². The van der Waals surface area contributed by atoms with Gasteiger partial charge in [0.1, 0.15) is 17.3 Å². The molecule has 1 fully saturated rings. The van der Waals surface area contributed by atoms with E-state index in [2.05, 4.69) is 5.32 Å². The third-order valence-corrected chi connectivity index (χ3v) is 5.78. The number of aliphatic hydroxyl groups excluding tert-OH is 1. The lowest BCUT2D eigenvalue weighted by Gasteiger charge is -2.28. The van der Waals surface area contributed by atoms with Crippen LogP contribution in [0.1, 0.15) is 36.1 Å². The lowest BCUT2D eigenvalue weighted by atomic mass is 9.92. The molecular formula is C25H25FN2O4. The molecule has 32 heavy (non-hydrogen) atoms. The highest BCUT2D eigenvalue weighted by molar-refractivity contribution is 5.96. The molecule has 0 spiro atoms. The van der Waals surface area contributed by atoms with E-state index in [-0.39, 0.29) is 23.6 Å². The second-order valence-electron chi connectivity index (χ2n) is 7.78. The van der Waals surface area contributed by atoms with Crippen LogP contribution in [0.25, 0.3) is 0 Å². The van der Waals surface area contributed by atoms with Crippen LogP contribution >= 0.6 is 0 Å². The molecule has 1 saturated heterocycles. The third-order valence-electron chi connectivity index (χ3n) is 5.78. The molecule has 0 aliphatic carbocycles. The first-order chi connectivity index (χ1) is 15.5. The number of amides is 2. The predicted octanol–water partition coefficient (Wildman–Crippen LogP) is 4.69. The normalized spacial score (nSPS) is 19.0. The Morgan fingerprint density at radius 1 is 1.09 bits per heavy atom. The summed E-state index contributed by atoms with van der Waals surface area (Å²) in [7, 11) is 1.52. The van der Waals surface area contributed by atoms with Gasteiger partial charge in [-0.25, -0.2) is 9.18 Å². The molecule has 3 atom stereocenters. The minimum Gasteiger partial charge on any atom is -0.507 e. The minimum absolute atomic E-state index is 0.0239. The van der Waals surface area contributed by atoms with Crippen molar-refractivity contribution in [3.63, 3.8) is 0 Å². The number of aliphatic hydroxyl groups is 1. The fourth-order valence-corrected chi connectivity index (χ4v) is 4.16. The lowest BCUT2D eigenvalue weighted by Crippen LogP contribution is -2.29. The highest BCUT2D eigenvalue weighted by Crippen LogP contribution is 2.41. The average molecular weight is 436 g/mol. The number of urea groups is 1. The van der Waals surface area contributed by atoms with E-state index in [0.29, 0.717) is 35.4 Å². The molecule has 1 heterocycles. The molecule has 3 aromatic rings. The van der Waals surface area contributed by atoms with Gasteiger partial charge in [-0.3, -0.25) is 4.90 Å². The molecule has 3 N–H and O–H groups in total. The van der Waals surface area contributed by atoms with E-state index in [0.717, 1.165) is 0 Å². The number of carbonyl (C=O) groups is 1. The molecule has 1 aliphatic heterocycles. The summed E-state index contributed by atoms with van der Waals surface area (Å²) >= 11 is 0. The van der Waals surface area contributed by atoms with E-state index >= 15 is 0 Å². The van der Waals surface area contributed by atoms with Crippen molar-refractivity contribution in [2.24, 2.45) is 0 Å². The fourth-order valence-electron chi connectivity index (χ4n) is 4.16. The Bertz CT molecular complexity index is 1080. The van der Waals surface area contributed by atoms with Crippen molar-refractivity contribution in [3.05, 3.63) is 89.7 Å². The number of ether oxygens (including phenoxy) is 1. The third kappa shape index (κ3) is 4.38. The first kappa shape index (κ1) is 21.6. The Balaban J connectivity index is 1.63. The van der Waals surface area contributed by atoms with Gasteiger partial charge in [0, 0.05) is 17.3 Å². The van der Waals surface area contributed by atoms with Gasteiger partial charge < -0.3 is 20.3 Å². The first-order valence-corrected chi connectivity index (χ1v) is 10.4. The van der Waals surface area contributed by atoms with Crippen LogP contribution < -0.4 is 15.0 Å². The first-order valence-electron chi connectivity index (χ1n) is 10.4. The molecular weight excluding hydrogens is 411 g/mol. The fraction of sp³-hybridized carbons (Fsp3) is 0.240. The Morgan fingerprint density at radius 3 is 2.47 bits per heavy atom. The smallest absolute Gasteiger partial charge is 0.322 e. The SMILES string of the molecule is COc1ccc([C@@H]2[C@H](CCC(O)c3ccc(F)cc3)NC(=O)N2c2ccccc2)c(O)c1. The average Bonchev–Trinajstić information content (AvgIpc) is 3.14. The second kappa shape index (κ2) is 9.28. The van der Waals surface area contributed by atoms with Crippen LogP contribution in [-0.4, -0.2) is 29.4 Å². The van der Waals surface area contributed by atoms with Gasteiger partial charge in [0.15, 0.2) is 0 Å². The number of phenolic OH excluding ortho intramolecular Hbond substituents is 1. The van der Waals surface area contributed by atoms with Crippen LogP contribution in [0.4, 0.5) is 14.9 Å². The summed E-state index contributed by atoms with van der Waals surface area (Å²) in [6, 6.07) is 18.8. The molecule has 2 amide bonds.